The monoisotopic (exact) mass is 244 g/mol. The van der Waals surface area contributed by atoms with Gasteiger partial charge in [0.25, 0.3) is 0 Å². The molecular formula is C13H28N2O2. The molecule has 4 nitrogen and oxygen atoms in total. The van der Waals surface area contributed by atoms with Crippen LogP contribution in [0.3, 0.4) is 0 Å². The molecule has 102 valence electrons. The zero-order valence-corrected chi connectivity index (χ0v) is 11.5. The molecule has 1 unspecified atom stereocenters. The predicted octanol–water partition coefficient (Wildman–Crippen LogP) is 1.51. The maximum atomic E-state index is 12.1. The van der Waals surface area contributed by atoms with E-state index >= 15 is 0 Å². The van der Waals surface area contributed by atoms with Crippen LogP contribution in [-0.4, -0.2) is 41.1 Å². The topological polar surface area (TPSA) is 66.6 Å². The fourth-order valence-electron chi connectivity index (χ4n) is 2.16. The van der Waals surface area contributed by atoms with Crippen LogP contribution in [0.25, 0.3) is 0 Å². The van der Waals surface area contributed by atoms with E-state index in [0.29, 0.717) is 13.0 Å². The molecule has 0 aromatic carbocycles. The molecule has 4 heteroatoms. The van der Waals surface area contributed by atoms with Gasteiger partial charge in [0.05, 0.1) is 6.61 Å². The molecule has 0 aromatic rings. The summed E-state index contributed by atoms with van der Waals surface area (Å²) in [6.45, 7) is 6.64. The predicted molar refractivity (Wildman–Crippen MR) is 70.7 cm³/mol. The summed E-state index contributed by atoms with van der Waals surface area (Å²) in [5, 5.41) is 9.04. The number of nitrogens with zero attached hydrogens (tertiary/aromatic N) is 1. The minimum Gasteiger partial charge on any atom is -0.395 e. The van der Waals surface area contributed by atoms with Crippen molar-refractivity contribution in [1.82, 2.24) is 4.90 Å². The van der Waals surface area contributed by atoms with Crippen LogP contribution in [0.4, 0.5) is 0 Å². The summed E-state index contributed by atoms with van der Waals surface area (Å²) in [7, 11) is 0. The minimum atomic E-state index is -0.0527. The molecule has 0 aliphatic rings. The fourth-order valence-corrected chi connectivity index (χ4v) is 2.16. The van der Waals surface area contributed by atoms with Crippen molar-refractivity contribution in [2.24, 2.45) is 5.73 Å². The molecule has 0 aliphatic carbocycles. The van der Waals surface area contributed by atoms with Crippen LogP contribution in [0.1, 0.15) is 52.9 Å². The van der Waals surface area contributed by atoms with Gasteiger partial charge in [0.15, 0.2) is 0 Å². The van der Waals surface area contributed by atoms with Crippen molar-refractivity contribution < 1.29 is 9.90 Å². The van der Waals surface area contributed by atoms with Crippen molar-refractivity contribution in [3.63, 3.8) is 0 Å². The zero-order valence-electron chi connectivity index (χ0n) is 11.5. The Morgan fingerprint density at radius 2 is 1.88 bits per heavy atom. The molecule has 0 radical (unpaired) electrons. The zero-order chi connectivity index (χ0) is 13.3. The molecule has 0 spiro atoms. The van der Waals surface area contributed by atoms with Gasteiger partial charge in [0.1, 0.15) is 0 Å². The SMILES string of the molecule is CCCC(N)CC(=O)N(CCO)C(CC)CC. The van der Waals surface area contributed by atoms with Crippen LogP contribution >= 0.6 is 0 Å². The van der Waals surface area contributed by atoms with Crippen molar-refractivity contribution in [1.29, 1.82) is 0 Å². The van der Waals surface area contributed by atoms with Crippen molar-refractivity contribution >= 4 is 5.91 Å². The second-order valence-electron chi connectivity index (χ2n) is 4.53. The van der Waals surface area contributed by atoms with E-state index in [4.69, 9.17) is 10.8 Å². The highest BCUT2D eigenvalue weighted by molar-refractivity contribution is 5.77. The molecule has 0 bridgehead atoms. The molecule has 1 atom stereocenters. The number of rotatable bonds is 9. The highest BCUT2D eigenvalue weighted by Crippen LogP contribution is 2.11. The third kappa shape index (κ3) is 6.03. The van der Waals surface area contributed by atoms with E-state index in [1.807, 2.05) is 0 Å². The number of amides is 1. The Kier molecular flexibility index (Phi) is 9.09. The van der Waals surface area contributed by atoms with Crippen LogP contribution < -0.4 is 5.73 Å². The number of hydrogen-bond donors (Lipinski definition) is 2. The lowest BCUT2D eigenvalue weighted by molar-refractivity contribution is -0.134. The standard InChI is InChI=1S/C13H28N2O2/c1-4-7-11(14)10-13(17)15(8-9-16)12(5-2)6-3/h11-12,16H,4-10,14H2,1-3H3. The number of aliphatic hydroxyl groups is 1. The van der Waals surface area contributed by atoms with Gasteiger partial charge in [-0.3, -0.25) is 4.79 Å². The van der Waals surface area contributed by atoms with Gasteiger partial charge < -0.3 is 15.7 Å². The van der Waals surface area contributed by atoms with Crippen LogP contribution in [0.5, 0.6) is 0 Å². The molecule has 17 heavy (non-hydrogen) atoms. The Morgan fingerprint density at radius 3 is 2.29 bits per heavy atom. The minimum absolute atomic E-state index is 0.0191. The summed E-state index contributed by atoms with van der Waals surface area (Å²) in [6.07, 6.45) is 4.11. The van der Waals surface area contributed by atoms with Crippen LogP contribution in [0.2, 0.25) is 0 Å². The number of aliphatic hydroxyl groups excluding tert-OH is 1. The lowest BCUT2D eigenvalue weighted by Crippen LogP contribution is -2.43. The number of carbonyl (C=O) groups excluding carboxylic acids is 1. The summed E-state index contributed by atoms with van der Waals surface area (Å²) in [6, 6.07) is 0.173. The maximum absolute atomic E-state index is 12.1. The van der Waals surface area contributed by atoms with Crippen LogP contribution in [0.15, 0.2) is 0 Å². The average molecular weight is 244 g/mol. The fraction of sp³-hybridized carbons (Fsp3) is 0.923. The number of carbonyl (C=O) groups is 1. The van der Waals surface area contributed by atoms with Gasteiger partial charge in [-0.1, -0.05) is 27.2 Å². The van der Waals surface area contributed by atoms with Crippen molar-refractivity contribution in [2.45, 2.75) is 65.0 Å². The van der Waals surface area contributed by atoms with E-state index < -0.39 is 0 Å². The Balaban J connectivity index is 4.42. The van der Waals surface area contributed by atoms with Crippen LogP contribution in [-0.2, 0) is 4.79 Å². The van der Waals surface area contributed by atoms with Gasteiger partial charge in [0.2, 0.25) is 5.91 Å². The first kappa shape index (κ1) is 16.4. The van der Waals surface area contributed by atoms with Gasteiger partial charge in [-0.25, -0.2) is 0 Å². The first-order chi connectivity index (χ1) is 8.10. The molecule has 0 aromatic heterocycles. The molecule has 0 rings (SSSR count). The Bertz CT molecular complexity index is 206. The molecule has 1 amide bonds. The number of nitrogens with two attached hydrogens (primary N) is 1. The molecule has 0 fully saturated rings. The smallest absolute Gasteiger partial charge is 0.224 e. The van der Waals surface area contributed by atoms with Gasteiger partial charge in [-0.15, -0.1) is 0 Å². The molecular weight excluding hydrogens is 216 g/mol. The van der Waals surface area contributed by atoms with Gasteiger partial charge in [-0.05, 0) is 19.3 Å². The summed E-state index contributed by atoms with van der Waals surface area (Å²) < 4.78 is 0. The number of hydrogen-bond acceptors (Lipinski definition) is 3. The molecule has 0 saturated heterocycles. The maximum Gasteiger partial charge on any atom is 0.224 e. The van der Waals surface area contributed by atoms with Crippen LogP contribution in [0, 0.1) is 0 Å². The summed E-state index contributed by atoms with van der Waals surface area (Å²) in [4.78, 5) is 13.9. The van der Waals surface area contributed by atoms with E-state index in [2.05, 4.69) is 20.8 Å². The van der Waals surface area contributed by atoms with Crippen molar-refractivity contribution in [3.8, 4) is 0 Å². The third-order valence-corrected chi connectivity index (χ3v) is 3.14. The quantitative estimate of drug-likeness (QED) is 0.646. The normalized spacial score (nSPS) is 12.8. The van der Waals surface area contributed by atoms with Gasteiger partial charge in [0, 0.05) is 25.0 Å². The highest BCUT2D eigenvalue weighted by atomic mass is 16.3. The average Bonchev–Trinajstić information content (AvgIpc) is 2.29. The van der Waals surface area contributed by atoms with Gasteiger partial charge in [-0.2, -0.15) is 0 Å². The molecule has 0 heterocycles. The van der Waals surface area contributed by atoms with E-state index in [1.54, 1.807) is 4.90 Å². The largest absolute Gasteiger partial charge is 0.395 e. The highest BCUT2D eigenvalue weighted by Gasteiger charge is 2.21. The van der Waals surface area contributed by atoms with E-state index in [1.165, 1.54) is 0 Å². The lowest BCUT2D eigenvalue weighted by atomic mass is 10.1. The summed E-state index contributed by atoms with van der Waals surface area (Å²) in [5.74, 6) is 0.0775. The van der Waals surface area contributed by atoms with Crippen molar-refractivity contribution in [3.05, 3.63) is 0 Å². The Morgan fingerprint density at radius 1 is 1.29 bits per heavy atom. The van der Waals surface area contributed by atoms with E-state index in [9.17, 15) is 4.79 Å². The van der Waals surface area contributed by atoms with Crippen molar-refractivity contribution in [2.75, 3.05) is 13.2 Å². The Labute approximate surface area is 105 Å². The lowest BCUT2D eigenvalue weighted by Gasteiger charge is -2.31. The summed E-state index contributed by atoms with van der Waals surface area (Å²) >= 11 is 0. The third-order valence-electron chi connectivity index (χ3n) is 3.14. The summed E-state index contributed by atoms with van der Waals surface area (Å²) in [5.41, 5.74) is 5.89. The van der Waals surface area contributed by atoms with Gasteiger partial charge >= 0.3 is 0 Å². The molecule has 3 N–H and O–H groups in total. The molecule has 0 aliphatic heterocycles. The van der Waals surface area contributed by atoms with E-state index in [-0.39, 0.29) is 24.6 Å². The first-order valence-electron chi connectivity index (χ1n) is 6.76. The Hall–Kier alpha value is -0.610. The second-order valence-corrected chi connectivity index (χ2v) is 4.53. The van der Waals surface area contributed by atoms with E-state index in [0.717, 1.165) is 25.7 Å². The second kappa shape index (κ2) is 9.42. The molecule has 0 saturated carbocycles. The first-order valence-corrected chi connectivity index (χ1v) is 6.76.